The highest BCUT2D eigenvalue weighted by molar-refractivity contribution is 5.94. The Bertz CT molecular complexity index is 506. The van der Waals surface area contributed by atoms with Gasteiger partial charge in [-0.1, -0.05) is 0 Å². The number of benzene rings is 1. The first-order chi connectivity index (χ1) is 9.35. The second kappa shape index (κ2) is 5.44. The molecular weight excluding hydrogens is 250 g/mol. The summed E-state index contributed by atoms with van der Waals surface area (Å²) in [6, 6.07) is 5.49. The predicted octanol–water partition coefficient (Wildman–Crippen LogP) is 2.13. The number of aryl methyl sites for hydroxylation is 1. The molecule has 1 aliphatic rings. The molecule has 0 radical (unpaired) electrons. The monoisotopic (exact) mass is 275 g/mol. The Morgan fingerprint density at radius 2 is 1.95 bits per heavy atom. The molecule has 4 heteroatoms. The molecule has 0 heterocycles. The molecule has 0 atom stereocenters. The summed E-state index contributed by atoms with van der Waals surface area (Å²) in [5.74, 6) is 0.0706. The van der Waals surface area contributed by atoms with Gasteiger partial charge in [-0.3, -0.25) is 4.79 Å². The van der Waals surface area contributed by atoms with Crippen LogP contribution in [0.1, 0.15) is 35.2 Å². The average Bonchev–Trinajstić information content (AvgIpc) is 2.35. The molecule has 1 fully saturated rings. The first kappa shape index (κ1) is 14.9. The maximum Gasteiger partial charge on any atom is 0.253 e. The molecule has 2 rings (SSSR count). The zero-order valence-electron chi connectivity index (χ0n) is 12.9. The zero-order valence-corrected chi connectivity index (χ0v) is 12.9. The predicted molar refractivity (Wildman–Crippen MR) is 82.8 cm³/mol. The summed E-state index contributed by atoms with van der Waals surface area (Å²) in [6.45, 7) is 2.71. The standard InChI is InChI=1S/C16H25N3O/c1-12-10-13(6-7-14(12)17)15(20)19(4)11-16(18(2)3)8-5-9-16/h6-7,10H,5,8-9,11,17H2,1-4H3. The van der Waals surface area contributed by atoms with Gasteiger partial charge in [0.2, 0.25) is 0 Å². The fourth-order valence-corrected chi connectivity index (χ4v) is 2.87. The Kier molecular flexibility index (Phi) is 4.04. The summed E-state index contributed by atoms with van der Waals surface area (Å²) < 4.78 is 0. The Labute approximate surface area is 121 Å². The van der Waals surface area contributed by atoms with Gasteiger partial charge in [-0.2, -0.15) is 0 Å². The number of hydrogen-bond acceptors (Lipinski definition) is 3. The first-order valence-corrected chi connectivity index (χ1v) is 7.15. The third-order valence-corrected chi connectivity index (χ3v) is 4.63. The van der Waals surface area contributed by atoms with Gasteiger partial charge < -0.3 is 15.5 Å². The molecule has 1 aromatic rings. The third kappa shape index (κ3) is 2.66. The second-order valence-electron chi connectivity index (χ2n) is 6.20. The lowest BCUT2D eigenvalue weighted by molar-refractivity contribution is 0.0252. The molecule has 0 spiro atoms. The van der Waals surface area contributed by atoms with E-state index in [1.165, 1.54) is 19.3 Å². The highest BCUT2D eigenvalue weighted by Crippen LogP contribution is 2.36. The molecular formula is C16H25N3O. The van der Waals surface area contributed by atoms with Crippen LogP contribution < -0.4 is 5.73 Å². The highest BCUT2D eigenvalue weighted by Gasteiger charge is 2.40. The number of anilines is 1. The molecule has 0 saturated heterocycles. The Balaban J connectivity index is 2.10. The molecule has 0 aromatic heterocycles. The van der Waals surface area contributed by atoms with Crippen LogP contribution in [-0.4, -0.2) is 48.9 Å². The van der Waals surface area contributed by atoms with Crippen molar-refractivity contribution in [2.24, 2.45) is 0 Å². The van der Waals surface area contributed by atoms with Gasteiger partial charge >= 0.3 is 0 Å². The number of amides is 1. The molecule has 0 aliphatic heterocycles. The molecule has 110 valence electrons. The quantitative estimate of drug-likeness (QED) is 0.856. The van der Waals surface area contributed by atoms with E-state index in [-0.39, 0.29) is 11.4 Å². The Morgan fingerprint density at radius 1 is 1.30 bits per heavy atom. The van der Waals surface area contributed by atoms with Crippen molar-refractivity contribution in [3.05, 3.63) is 29.3 Å². The van der Waals surface area contributed by atoms with E-state index in [0.717, 1.165) is 17.8 Å². The molecule has 4 nitrogen and oxygen atoms in total. The Morgan fingerprint density at radius 3 is 2.40 bits per heavy atom. The minimum atomic E-state index is 0.0706. The van der Waals surface area contributed by atoms with Crippen LogP contribution in [0.15, 0.2) is 18.2 Å². The maximum atomic E-state index is 12.5. The number of rotatable bonds is 4. The van der Waals surface area contributed by atoms with E-state index in [9.17, 15) is 4.79 Å². The van der Waals surface area contributed by atoms with Crippen molar-refractivity contribution in [3.8, 4) is 0 Å². The zero-order chi connectivity index (χ0) is 14.9. The Hall–Kier alpha value is -1.55. The fraction of sp³-hybridized carbons (Fsp3) is 0.562. The second-order valence-corrected chi connectivity index (χ2v) is 6.20. The number of nitrogens with two attached hydrogens (primary N) is 1. The van der Waals surface area contributed by atoms with Crippen LogP contribution in [0.2, 0.25) is 0 Å². The van der Waals surface area contributed by atoms with Crippen LogP contribution in [0.25, 0.3) is 0 Å². The van der Waals surface area contributed by atoms with Crippen LogP contribution >= 0.6 is 0 Å². The number of nitrogen functional groups attached to an aromatic ring is 1. The molecule has 1 aliphatic carbocycles. The summed E-state index contributed by atoms with van der Waals surface area (Å²) >= 11 is 0. The van der Waals surface area contributed by atoms with Crippen molar-refractivity contribution >= 4 is 11.6 Å². The largest absolute Gasteiger partial charge is 0.399 e. The van der Waals surface area contributed by atoms with Crippen LogP contribution in [0, 0.1) is 6.92 Å². The van der Waals surface area contributed by atoms with Crippen molar-refractivity contribution in [3.63, 3.8) is 0 Å². The van der Waals surface area contributed by atoms with Gasteiger partial charge in [0.1, 0.15) is 0 Å². The van der Waals surface area contributed by atoms with Crippen molar-refractivity contribution in [2.45, 2.75) is 31.7 Å². The van der Waals surface area contributed by atoms with Gasteiger partial charge in [0.25, 0.3) is 5.91 Å². The maximum absolute atomic E-state index is 12.5. The normalized spacial score (nSPS) is 16.9. The lowest BCUT2D eigenvalue weighted by Gasteiger charge is -2.49. The lowest BCUT2D eigenvalue weighted by atomic mass is 9.75. The topological polar surface area (TPSA) is 49.6 Å². The van der Waals surface area contributed by atoms with Crippen molar-refractivity contribution in [2.75, 3.05) is 33.4 Å². The van der Waals surface area contributed by atoms with E-state index < -0.39 is 0 Å². The summed E-state index contributed by atoms with van der Waals surface area (Å²) in [5.41, 5.74) is 8.36. The highest BCUT2D eigenvalue weighted by atomic mass is 16.2. The molecule has 0 bridgehead atoms. The van der Waals surface area contributed by atoms with Crippen LogP contribution in [-0.2, 0) is 0 Å². The van der Waals surface area contributed by atoms with Crippen LogP contribution in [0.5, 0.6) is 0 Å². The summed E-state index contributed by atoms with van der Waals surface area (Å²) in [4.78, 5) is 16.6. The van der Waals surface area contributed by atoms with Gasteiger partial charge in [0, 0.05) is 30.4 Å². The fourth-order valence-electron chi connectivity index (χ4n) is 2.87. The minimum Gasteiger partial charge on any atom is -0.399 e. The smallest absolute Gasteiger partial charge is 0.253 e. The molecule has 2 N–H and O–H groups in total. The minimum absolute atomic E-state index is 0.0706. The molecule has 1 aromatic carbocycles. The SMILES string of the molecule is Cc1cc(C(=O)N(C)CC2(N(C)C)CCC2)ccc1N. The average molecular weight is 275 g/mol. The summed E-state index contributed by atoms with van der Waals surface area (Å²) in [6.07, 6.45) is 3.58. The summed E-state index contributed by atoms with van der Waals surface area (Å²) in [5, 5.41) is 0. The number of likely N-dealkylation sites (N-methyl/N-ethyl adjacent to an activating group) is 2. The van der Waals surface area contributed by atoms with Gasteiger partial charge in [-0.25, -0.2) is 0 Å². The number of carbonyl (C=O) groups excluding carboxylic acids is 1. The lowest BCUT2D eigenvalue weighted by Crippen LogP contribution is -2.57. The molecule has 0 unspecified atom stereocenters. The molecule has 1 amide bonds. The molecule has 20 heavy (non-hydrogen) atoms. The van der Waals surface area contributed by atoms with Gasteiger partial charge in [-0.05, 0) is 64.0 Å². The van der Waals surface area contributed by atoms with Gasteiger partial charge in [0.15, 0.2) is 0 Å². The number of nitrogens with zero attached hydrogens (tertiary/aromatic N) is 2. The number of hydrogen-bond donors (Lipinski definition) is 1. The van der Waals surface area contributed by atoms with Crippen LogP contribution in [0.3, 0.4) is 0 Å². The van der Waals surface area contributed by atoms with Gasteiger partial charge in [0.05, 0.1) is 0 Å². The van der Waals surface area contributed by atoms with E-state index in [1.807, 2.05) is 37.1 Å². The number of carbonyl (C=O) groups is 1. The third-order valence-electron chi connectivity index (χ3n) is 4.63. The van der Waals surface area contributed by atoms with E-state index in [4.69, 9.17) is 5.73 Å². The van der Waals surface area contributed by atoms with E-state index in [1.54, 1.807) is 0 Å². The van der Waals surface area contributed by atoms with E-state index >= 15 is 0 Å². The van der Waals surface area contributed by atoms with Crippen molar-refractivity contribution < 1.29 is 4.79 Å². The first-order valence-electron chi connectivity index (χ1n) is 7.15. The van der Waals surface area contributed by atoms with E-state index in [0.29, 0.717) is 5.56 Å². The van der Waals surface area contributed by atoms with Crippen molar-refractivity contribution in [1.82, 2.24) is 9.80 Å². The van der Waals surface area contributed by atoms with Gasteiger partial charge in [-0.15, -0.1) is 0 Å². The summed E-state index contributed by atoms with van der Waals surface area (Å²) in [7, 11) is 6.09. The van der Waals surface area contributed by atoms with Crippen LogP contribution in [0.4, 0.5) is 5.69 Å². The van der Waals surface area contributed by atoms with E-state index in [2.05, 4.69) is 19.0 Å². The molecule has 1 saturated carbocycles. The van der Waals surface area contributed by atoms with Crippen molar-refractivity contribution in [1.29, 1.82) is 0 Å².